The Hall–Kier alpha value is -4.00. The zero-order valence-corrected chi connectivity index (χ0v) is 16.1. The summed E-state index contributed by atoms with van der Waals surface area (Å²) < 4.78 is 0. The summed E-state index contributed by atoms with van der Waals surface area (Å²) in [5.74, 6) is 0.375. The Morgan fingerprint density at radius 1 is 0.933 bits per heavy atom. The molecule has 7 nitrogen and oxygen atoms in total. The molecule has 148 valence electrons. The molecule has 0 aliphatic heterocycles. The van der Waals surface area contributed by atoms with E-state index >= 15 is 0 Å². The summed E-state index contributed by atoms with van der Waals surface area (Å²) >= 11 is 0. The van der Waals surface area contributed by atoms with Crippen LogP contribution in [0.1, 0.15) is 23.2 Å². The van der Waals surface area contributed by atoms with Crippen molar-refractivity contribution < 1.29 is 9.59 Å². The summed E-state index contributed by atoms with van der Waals surface area (Å²) in [5, 5.41) is 2.95. The van der Waals surface area contributed by atoms with Crippen LogP contribution in [0.5, 0.6) is 0 Å². The maximum absolute atomic E-state index is 11.9. The van der Waals surface area contributed by atoms with Gasteiger partial charge in [0.15, 0.2) is 5.65 Å². The number of rotatable bonds is 5. The Bertz CT molecular complexity index is 1260. The van der Waals surface area contributed by atoms with Crippen LogP contribution in [0.15, 0.2) is 60.8 Å². The standard InChI is InChI=1S/C23H19N5O2/c24-20(29)18-11-12-25-22-19(18)27-21(28-22)15-3-1-13(2-4-15)14-7-9-17(10-8-14)26-23(30)16-5-6-16/h1-4,7-12,16H,5-6H2,(H2,24,29)(H,26,30)(H,25,27,28). The van der Waals surface area contributed by atoms with Gasteiger partial charge >= 0.3 is 0 Å². The first-order valence-electron chi connectivity index (χ1n) is 9.75. The molecule has 0 atom stereocenters. The van der Waals surface area contributed by atoms with Crippen LogP contribution in [-0.2, 0) is 4.79 Å². The quantitative estimate of drug-likeness (QED) is 0.476. The molecular weight excluding hydrogens is 378 g/mol. The predicted octanol–water partition coefficient (Wildman–Crippen LogP) is 3.74. The van der Waals surface area contributed by atoms with E-state index in [1.54, 1.807) is 6.07 Å². The number of nitrogens with one attached hydrogen (secondary N) is 2. The molecule has 1 aliphatic rings. The second-order valence-corrected chi connectivity index (χ2v) is 7.42. The highest BCUT2D eigenvalue weighted by molar-refractivity contribution is 6.03. The summed E-state index contributed by atoms with van der Waals surface area (Å²) in [6.07, 6.45) is 3.51. The van der Waals surface area contributed by atoms with E-state index < -0.39 is 5.91 Å². The zero-order chi connectivity index (χ0) is 20.7. The molecule has 7 heteroatoms. The SMILES string of the molecule is NC(=O)c1ccnc2[nH]c(-c3ccc(-c4ccc(NC(=O)C5CC5)cc4)cc3)nc12. The number of carbonyl (C=O) groups excluding carboxylic acids is 2. The molecule has 5 rings (SSSR count). The lowest BCUT2D eigenvalue weighted by molar-refractivity contribution is -0.117. The second-order valence-electron chi connectivity index (χ2n) is 7.42. The Labute approximate surface area is 172 Å². The van der Waals surface area contributed by atoms with E-state index in [0.717, 1.165) is 35.2 Å². The number of benzene rings is 2. The van der Waals surface area contributed by atoms with E-state index in [1.807, 2.05) is 48.5 Å². The van der Waals surface area contributed by atoms with Gasteiger partial charge in [-0.15, -0.1) is 0 Å². The fourth-order valence-electron chi connectivity index (χ4n) is 3.40. The normalized spacial score (nSPS) is 13.3. The maximum Gasteiger partial charge on any atom is 0.251 e. The number of aromatic amines is 1. The van der Waals surface area contributed by atoms with Gasteiger partial charge in [0.05, 0.1) is 5.56 Å². The molecule has 2 heterocycles. The van der Waals surface area contributed by atoms with Gasteiger partial charge in [0.1, 0.15) is 11.3 Å². The molecule has 0 saturated heterocycles. The smallest absolute Gasteiger partial charge is 0.251 e. The van der Waals surface area contributed by atoms with Gasteiger partial charge < -0.3 is 16.0 Å². The molecule has 0 spiro atoms. The van der Waals surface area contributed by atoms with Crippen LogP contribution in [0.3, 0.4) is 0 Å². The van der Waals surface area contributed by atoms with E-state index in [0.29, 0.717) is 22.6 Å². The van der Waals surface area contributed by atoms with Gasteiger partial charge in [0.25, 0.3) is 5.91 Å². The van der Waals surface area contributed by atoms with E-state index in [4.69, 9.17) is 5.73 Å². The van der Waals surface area contributed by atoms with Crippen molar-refractivity contribution >= 4 is 28.7 Å². The lowest BCUT2D eigenvalue weighted by Crippen LogP contribution is -2.12. The van der Waals surface area contributed by atoms with E-state index in [1.165, 1.54) is 6.20 Å². The van der Waals surface area contributed by atoms with Gasteiger partial charge in [-0.1, -0.05) is 36.4 Å². The number of nitrogens with zero attached hydrogens (tertiary/aromatic N) is 2. The highest BCUT2D eigenvalue weighted by Crippen LogP contribution is 2.31. The average molecular weight is 397 g/mol. The van der Waals surface area contributed by atoms with Gasteiger partial charge in [0, 0.05) is 23.4 Å². The lowest BCUT2D eigenvalue weighted by atomic mass is 10.0. The highest BCUT2D eigenvalue weighted by atomic mass is 16.2. The number of nitrogens with two attached hydrogens (primary N) is 1. The topological polar surface area (TPSA) is 114 Å². The Balaban J connectivity index is 1.38. The van der Waals surface area contributed by atoms with E-state index in [-0.39, 0.29) is 11.8 Å². The third-order valence-electron chi connectivity index (χ3n) is 5.24. The van der Waals surface area contributed by atoms with Crippen LogP contribution in [0, 0.1) is 5.92 Å². The number of amides is 2. The largest absolute Gasteiger partial charge is 0.366 e. The molecule has 1 aliphatic carbocycles. The molecule has 4 N–H and O–H groups in total. The minimum atomic E-state index is -0.535. The first-order chi connectivity index (χ1) is 14.6. The number of fused-ring (bicyclic) bond motifs is 1. The Morgan fingerprint density at radius 3 is 2.20 bits per heavy atom. The minimum absolute atomic E-state index is 0.104. The molecule has 2 aromatic carbocycles. The van der Waals surface area contributed by atoms with Crippen molar-refractivity contribution in [1.29, 1.82) is 0 Å². The van der Waals surface area contributed by atoms with Gasteiger partial charge in [-0.25, -0.2) is 9.97 Å². The Kier molecular flexibility index (Phi) is 4.28. The number of imidazole rings is 1. The van der Waals surface area contributed by atoms with Crippen LogP contribution >= 0.6 is 0 Å². The molecule has 1 fully saturated rings. The summed E-state index contributed by atoms with van der Waals surface area (Å²) in [4.78, 5) is 35.3. The van der Waals surface area contributed by atoms with Crippen molar-refractivity contribution in [3.05, 3.63) is 66.4 Å². The lowest BCUT2D eigenvalue weighted by Gasteiger charge is -2.07. The minimum Gasteiger partial charge on any atom is -0.366 e. The van der Waals surface area contributed by atoms with Crippen molar-refractivity contribution in [1.82, 2.24) is 15.0 Å². The molecule has 1 saturated carbocycles. The molecular formula is C23H19N5O2. The number of pyridine rings is 1. The predicted molar refractivity (Wildman–Crippen MR) is 115 cm³/mol. The monoisotopic (exact) mass is 397 g/mol. The second kappa shape index (κ2) is 7.11. The van der Waals surface area contributed by atoms with Crippen LogP contribution in [0.4, 0.5) is 5.69 Å². The number of carbonyl (C=O) groups is 2. The van der Waals surface area contributed by atoms with Crippen LogP contribution < -0.4 is 11.1 Å². The van der Waals surface area contributed by atoms with Crippen molar-refractivity contribution in [3.8, 4) is 22.5 Å². The number of primary amides is 1. The number of aromatic nitrogens is 3. The number of hydrogen-bond acceptors (Lipinski definition) is 4. The van der Waals surface area contributed by atoms with Gasteiger partial charge in [0.2, 0.25) is 5.91 Å². The van der Waals surface area contributed by atoms with Crippen molar-refractivity contribution in [2.24, 2.45) is 11.7 Å². The van der Waals surface area contributed by atoms with Gasteiger partial charge in [-0.05, 0) is 42.2 Å². The summed E-state index contributed by atoms with van der Waals surface area (Å²) in [6, 6.07) is 17.3. The van der Waals surface area contributed by atoms with Crippen molar-refractivity contribution in [3.63, 3.8) is 0 Å². The molecule has 2 aromatic heterocycles. The van der Waals surface area contributed by atoms with E-state index in [9.17, 15) is 9.59 Å². The molecule has 0 unspecified atom stereocenters. The zero-order valence-electron chi connectivity index (χ0n) is 16.1. The molecule has 4 aromatic rings. The average Bonchev–Trinajstić information content (AvgIpc) is 3.52. The number of anilines is 1. The first-order valence-corrected chi connectivity index (χ1v) is 9.75. The number of H-pyrrole nitrogens is 1. The maximum atomic E-state index is 11.9. The fraction of sp³-hybridized carbons (Fsp3) is 0.130. The Morgan fingerprint density at radius 2 is 1.57 bits per heavy atom. The van der Waals surface area contributed by atoms with E-state index in [2.05, 4.69) is 20.3 Å². The summed E-state index contributed by atoms with van der Waals surface area (Å²) in [6.45, 7) is 0. The third-order valence-corrected chi connectivity index (χ3v) is 5.24. The molecule has 2 amide bonds. The first kappa shape index (κ1) is 18.1. The van der Waals surface area contributed by atoms with Gasteiger partial charge in [-0.3, -0.25) is 9.59 Å². The van der Waals surface area contributed by atoms with Crippen molar-refractivity contribution in [2.75, 3.05) is 5.32 Å². The van der Waals surface area contributed by atoms with Crippen LogP contribution in [-0.4, -0.2) is 26.8 Å². The molecule has 0 radical (unpaired) electrons. The third kappa shape index (κ3) is 3.41. The van der Waals surface area contributed by atoms with Crippen LogP contribution in [0.2, 0.25) is 0 Å². The molecule has 30 heavy (non-hydrogen) atoms. The summed E-state index contributed by atoms with van der Waals surface area (Å²) in [7, 11) is 0. The fourth-order valence-corrected chi connectivity index (χ4v) is 3.40. The van der Waals surface area contributed by atoms with Crippen LogP contribution in [0.25, 0.3) is 33.7 Å². The summed E-state index contributed by atoms with van der Waals surface area (Å²) in [5.41, 5.74) is 10.5. The van der Waals surface area contributed by atoms with Gasteiger partial charge in [-0.2, -0.15) is 0 Å². The number of hydrogen-bond donors (Lipinski definition) is 3. The highest BCUT2D eigenvalue weighted by Gasteiger charge is 2.29. The van der Waals surface area contributed by atoms with Crippen molar-refractivity contribution in [2.45, 2.75) is 12.8 Å². The molecule has 0 bridgehead atoms.